The molecule has 3 rings (SSSR count). The molecule has 0 saturated heterocycles. The van der Waals surface area contributed by atoms with E-state index in [1.54, 1.807) is 12.5 Å². The zero-order chi connectivity index (χ0) is 13.2. The van der Waals surface area contributed by atoms with Crippen LogP contribution in [-0.2, 0) is 6.54 Å². The van der Waals surface area contributed by atoms with Crippen molar-refractivity contribution in [2.45, 2.75) is 39.3 Å². The lowest BCUT2D eigenvalue weighted by atomic mass is 10.1. The summed E-state index contributed by atoms with van der Waals surface area (Å²) in [5, 5.41) is 7.66. The minimum absolute atomic E-state index is 0.157. The maximum Gasteiger partial charge on any atom is 0.223 e. The van der Waals surface area contributed by atoms with E-state index >= 15 is 0 Å². The number of hydrogen-bond donors (Lipinski definition) is 1. The van der Waals surface area contributed by atoms with Crippen LogP contribution >= 0.6 is 0 Å². The van der Waals surface area contributed by atoms with Gasteiger partial charge in [0.15, 0.2) is 0 Å². The van der Waals surface area contributed by atoms with E-state index in [4.69, 9.17) is 0 Å². The van der Waals surface area contributed by atoms with E-state index in [0.29, 0.717) is 11.9 Å². The van der Waals surface area contributed by atoms with Gasteiger partial charge in [-0.3, -0.25) is 0 Å². The predicted molar refractivity (Wildman–Crippen MR) is 71.6 cm³/mol. The molecule has 1 fully saturated rings. The number of aromatic nitrogens is 5. The third-order valence-corrected chi connectivity index (χ3v) is 3.40. The molecule has 2 aromatic rings. The molecule has 6 heteroatoms. The fraction of sp³-hybridized carbons (Fsp3) is 0.538. The molecule has 0 bridgehead atoms. The second-order valence-electron chi connectivity index (χ2n) is 4.92. The Morgan fingerprint density at radius 3 is 2.95 bits per heavy atom. The van der Waals surface area contributed by atoms with Crippen molar-refractivity contribution in [1.29, 1.82) is 0 Å². The second kappa shape index (κ2) is 4.95. The summed E-state index contributed by atoms with van der Waals surface area (Å²) in [6, 6.07) is 2.05. The van der Waals surface area contributed by atoms with Crippen LogP contribution in [0.4, 0.5) is 5.95 Å². The van der Waals surface area contributed by atoms with Gasteiger partial charge in [-0.25, -0.2) is 19.6 Å². The molecule has 2 aromatic heterocycles. The quantitative estimate of drug-likeness (QED) is 0.887. The summed E-state index contributed by atoms with van der Waals surface area (Å²) in [6.07, 6.45) is 5.84. The van der Waals surface area contributed by atoms with E-state index in [0.717, 1.165) is 18.1 Å². The van der Waals surface area contributed by atoms with Crippen molar-refractivity contribution in [1.82, 2.24) is 24.7 Å². The van der Waals surface area contributed by atoms with Crippen molar-refractivity contribution in [3.8, 4) is 0 Å². The molecule has 19 heavy (non-hydrogen) atoms. The summed E-state index contributed by atoms with van der Waals surface area (Å²) in [5.74, 6) is 2.26. The van der Waals surface area contributed by atoms with Crippen LogP contribution in [0.1, 0.15) is 37.3 Å². The number of aryl methyl sites for hydroxylation is 2. The molecular weight excluding hydrogens is 240 g/mol. The van der Waals surface area contributed by atoms with Gasteiger partial charge < -0.3 is 5.32 Å². The Balaban J connectivity index is 1.86. The summed E-state index contributed by atoms with van der Waals surface area (Å²) < 4.78 is 1.94. The highest BCUT2D eigenvalue weighted by molar-refractivity contribution is 5.29. The topological polar surface area (TPSA) is 68.5 Å². The molecule has 6 nitrogen and oxygen atoms in total. The van der Waals surface area contributed by atoms with E-state index in [-0.39, 0.29) is 6.04 Å². The Morgan fingerprint density at radius 1 is 1.42 bits per heavy atom. The molecule has 1 saturated carbocycles. The van der Waals surface area contributed by atoms with E-state index in [2.05, 4.69) is 32.3 Å². The molecule has 0 aliphatic heterocycles. The number of nitrogens with zero attached hydrogens (tertiary/aromatic N) is 5. The molecule has 100 valence electrons. The van der Waals surface area contributed by atoms with Gasteiger partial charge >= 0.3 is 0 Å². The van der Waals surface area contributed by atoms with Crippen molar-refractivity contribution in [3.05, 3.63) is 30.1 Å². The van der Waals surface area contributed by atoms with Gasteiger partial charge in [0.2, 0.25) is 5.95 Å². The van der Waals surface area contributed by atoms with Gasteiger partial charge in [-0.15, -0.1) is 0 Å². The third kappa shape index (κ3) is 2.57. The molecule has 1 aliphatic carbocycles. The fourth-order valence-electron chi connectivity index (χ4n) is 2.24. The number of hydrogen-bond acceptors (Lipinski definition) is 5. The molecule has 1 N–H and O–H groups in total. The average molecular weight is 258 g/mol. The van der Waals surface area contributed by atoms with Gasteiger partial charge in [0.1, 0.15) is 12.2 Å². The first-order valence-corrected chi connectivity index (χ1v) is 6.72. The Hall–Kier alpha value is -1.98. The Kier molecular flexibility index (Phi) is 3.15. The largest absolute Gasteiger partial charge is 0.344 e. The van der Waals surface area contributed by atoms with Crippen LogP contribution in [0.2, 0.25) is 0 Å². The summed E-state index contributed by atoms with van der Waals surface area (Å²) in [4.78, 5) is 13.1. The lowest BCUT2D eigenvalue weighted by Gasteiger charge is -2.18. The molecule has 2 heterocycles. The highest BCUT2D eigenvalue weighted by Gasteiger charge is 2.35. The van der Waals surface area contributed by atoms with Crippen LogP contribution in [-0.4, -0.2) is 24.7 Å². The van der Waals surface area contributed by atoms with Crippen molar-refractivity contribution in [2.24, 2.45) is 5.92 Å². The van der Waals surface area contributed by atoms with Gasteiger partial charge in [-0.05, 0) is 38.7 Å². The van der Waals surface area contributed by atoms with Gasteiger partial charge in [-0.2, -0.15) is 5.10 Å². The smallest absolute Gasteiger partial charge is 0.223 e. The molecule has 0 spiro atoms. The maximum atomic E-state index is 4.41. The van der Waals surface area contributed by atoms with Crippen LogP contribution in [0.25, 0.3) is 0 Å². The van der Waals surface area contributed by atoms with Gasteiger partial charge in [0.05, 0.1) is 6.04 Å². The van der Waals surface area contributed by atoms with Crippen molar-refractivity contribution in [3.63, 3.8) is 0 Å². The standard InChI is InChI=1S/C13H18N6/c1-3-19-12(15-8-16-19)11(10-4-5-10)18-13-14-7-6-9(2)17-13/h6-8,10-11H,3-5H2,1-2H3,(H,14,17,18)/t11-/m1/s1. The molecule has 1 atom stereocenters. The lowest BCUT2D eigenvalue weighted by Crippen LogP contribution is -2.20. The van der Waals surface area contributed by atoms with E-state index < -0.39 is 0 Å². The SMILES string of the molecule is CCn1ncnc1[C@H](Nc1nccc(C)n1)C1CC1. The van der Waals surface area contributed by atoms with E-state index in [1.807, 2.05) is 17.7 Å². The zero-order valence-corrected chi connectivity index (χ0v) is 11.2. The first-order chi connectivity index (χ1) is 9.28. The Labute approximate surface area is 112 Å². The second-order valence-corrected chi connectivity index (χ2v) is 4.92. The van der Waals surface area contributed by atoms with Crippen LogP contribution in [0, 0.1) is 12.8 Å². The predicted octanol–water partition coefficient (Wildman–Crippen LogP) is 1.96. The zero-order valence-electron chi connectivity index (χ0n) is 11.2. The molecule has 0 amide bonds. The maximum absolute atomic E-state index is 4.41. The molecule has 0 radical (unpaired) electrons. The minimum Gasteiger partial charge on any atom is -0.344 e. The third-order valence-electron chi connectivity index (χ3n) is 3.40. The van der Waals surface area contributed by atoms with Gasteiger partial charge in [-0.1, -0.05) is 0 Å². The molecular formula is C13H18N6. The number of anilines is 1. The van der Waals surface area contributed by atoms with Crippen LogP contribution in [0.3, 0.4) is 0 Å². The summed E-state index contributed by atoms with van der Waals surface area (Å²) in [6.45, 7) is 4.87. The summed E-state index contributed by atoms with van der Waals surface area (Å²) in [7, 11) is 0. The van der Waals surface area contributed by atoms with Crippen molar-refractivity contribution in [2.75, 3.05) is 5.32 Å². The monoisotopic (exact) mass is 258 g/mol. The van der Waals surface area contributed by atoms with Gasteiger partial charge in [0, 0.05) is 18.4 Å². The van der Waals surface area contributed by atoms with Gasteiger partial charge in [0.25, 0.3) is 0 Å². The molecule has 0 aromatic carbocycles. The number of nitrogens with one attached hydrogen (secondary N) is 1. The summed E-state index contributed by atoms with van der Waals surface area (Å²) >= 11 is 0. The summed E-state index contributed by atoms with van der Waals surface area (Å²) in [5.41, 5.74) is 0.962. The normalized spacial score (nSPS) is 16.3. The van der Waals surface area contributed by atoms with Crippen LogP contribution in [0.15, 0.2) is 18.6 Å². The average Bonchev–Trinajstić information content (AvgIpc) is 3.13. The van der Waals surface area contributed by atoms with Crippen LogP contribution < -0.4 is 5.32 Å². The highest BCUT2D eigenvalue weighted by atomic mass is 15.3. The fourth-order valence-corrected chi connectivity index (χ4v) is 2.24. The first-order valence-electron chi connectivity index (χ1n) is 6.72. The van der Waals surface area contributed by atoms with Crippen molar-refractivity contribution < 1.29 is 0 Å². The molecule has 1 aliphatic rings. The van der Waals surface area contributed by atoms with Crippen LogP contribution in [0.5, 0.6) is 0 Å². The van der Waals surface area contributed by atoms with E-state index in [9.17, 15) is 0 Å². The first kappa shape index (κ1) is 12.1. The van der Waals surface area contributed by atoms with E-state index in [1.165, 1.54) is 12.8 Å². The Morgan fingerprint density at radius 2 is 2.26 bits per heavy atom. The lowest BCUT2D eigenvalue weighted by molar-refractivity contribution is 0.543. The van der Waals surface area contributed by atoms with Crippen molar-refractivity contribution >= 4 is 5.95 Å². The number of rotatable bonds is 5. The minimum atomic E-state index is 0.157. The molecule has 0 unspecified atom stereocenters. The Bertz CT molecular complexity index is 560. The highest BCUT2D eigenvalue weighted by Crippen LogP contribution is 2.41.